The Bertz CT molecular complexity index is 5770. The van der Waals surface area contributed by atoms with Gasteiger partial charge in [-0.15, -0.1) is 0 Å². The van der Waals surface area contributed by atoms with Crippen LogP contribution in [0, 0.1) is 0 Å². The standard InChI is InChI=1S/C109H111N3/c1-103(2,3)74-45-36-67(37-46-74)84-32-26-33-85(68-38-47-75(48-39-68)104(4,5)6)101(84)111-94-61-73(98-82-30-24-22-28-71(82)60-72-29-23-25-31-83(72)98)44-56-88(94)99-89-57-55-81(110-92-58-53-78(107(13,14)15)62-90(92)91-63-79(108(16,17)18)54-59-93(91)110)66-95(89)112(97-65-80(109(19,20)21)64-96(111)100(97)99)102-86(69-40-49-76(50-41-69)105(7,8)9)34-27-35-87(102)70-42-51-77(52-43-70)106(10,11)12/h22-59,61-66,98-99H,60H2,1-21H3. The van der Waals surface area contributed by atoms with Crippen molar-refractivity contribution in [1.29, 1.82) is 0 Å². The average Bonchev–Trinajstić information content (AvgIpc) is 0.757. The number of hydrogen-bond acceptors (Lipinski definition) is 2. The zero-order chi connectivity index (χ0) is 78.8. The van der Waals surface area contributed by atoms with Gasteiger partial charge in [0.15, 0.2) is 0 Å². The zero-order valence-corrected chi connectivity index (χ0v) is 70.1. The molecule has 1 aliphatic carbocycles. The van der Waals surface area contributed by atoms with E-state index in [1.807, 2.05) is 0 Å². The van der Waals surface area contributed by atoms with Crippen molar-refractivity contribution in [2.45, 2.75) is 202 Å². The summed E-state index contributed by atoms with van der Waals surface area (Å²) < 4.78 is 2.58. The largest absolute Gasteiger partial charge is 0.309 e. The van der Waals surface area contributed by atoms with Crippen LogP contribution in [0.1, 0.15) is 241 Å². The molecule has 0 radical (unpaired) electrons. The van der Waals surface area contributed by atoms with Crippen LogP contribution in [0.2, 0.25) is 0 Å². The molecule has 3 heterocycles. The minimum Gasteiger partial charge on any atom is -0.309 e. The zero-order valence-electron chi connectivity index (χ0n) is 70.1. The Morgan fingerprint density at radius 2 is 0.580 bits per heavy atom. The molecule has 112 heavy (non-hydrogen) atoms. The average molecular weight is 1460 g/mol. The van der Waals surface area contributed by atoms with Gasteiger partial charge in [-0.1, -0.05) is 358 Å². The van der Waals surface area contributed by atoms with Crippen molar-refractivity contribution in [3.8, 4) is 50.2 Å². The van der Waals surface area contributed by atoms with Crippen molar-refractivity contribution in [1.82, 2.24) is 4.57 Å². The van der Waals surface area contributed by atoms with E-state index in [1.54, 1.807) is 0 Å². The molecule has 3 heteroatoms. The van der Waals surface area contributed by atoms with Gasteiger partial charge in [-0.05, 0) is 199 Å². The third-order valence-corrected chi connectivity index (χ3v) is 24.9. The molecule has 14 aromatic rings. The normalized spacial score (nSPS) is 14.6. The van der Waals surface area contributed by atoms with E-state index in [0.29, 0.717) is 0 Å². The van der Waals surface area contributed by atoms with Gasteiger partial charge in [0, 0.05) is 56.1 Å². The highest BCUT2D eigenvalue weighted by molar-refractivity contribution is 6.11. The second-order valence-corrected chi connectivity index (χ2v) is 39.9. The summed E-state index contributed by atoms with van der Waals surface area (Å²) in [5, 5.41) is 2.54. The predicted molar refractivity (Wildman–Crippen MR) is 480 cm³/mol. The van der Waals surface area contributed by atoms with Crippen LogP contribution in [0.3, 0.4) is 0 Å². The second-order valence-electron chi connectivity index (χ2n) is 39.9. The van der Waals surface area contributed by atoms with Gasteiger partial charge < -0.3 is 14.4 Å². The summed E-state index contributed by atoms with van der Waals surface area (Å²) in [6.07, 6.45) is 0.904. The Balaban J connectivity index is 1.04. The van der Waals surface area contributed by atoms with E-state index in [2.05, 4.69) is 427 Å². The lowest BCUT2D eigenvalue weighted by molar-refractivity contribution is 0.589. The molecular weight excluding hydrogens is 1350 g/mol. The smallest absolute Gasteiger partial charge is 0.0618 e. The van der Waals surface area contributed by atoms with Crippen molar-refractivity contribution in [2.75, 3.05) is 9.80 Å². The van der Waals surface area contributed by atoms with Crippen LogP contribution in [0.25, 0.3) is 72.0 Å². The third-order valence-electron chi connectivity index (χ3n) is 24.9. The fourth-order valence-corrected chi connectivity index (χ4v) is 18.2. The van der Waals surface area contributed by atoms with Crippen molar-refractivity contribution in [2.24, 2.45) is 0 Å². The van der Waals surface area contributed by atoms with E-state index < -0.39 is 0 Å². The van der Waals surface area contributed by atoms with Crippen molar-refractivity contribution in [3.63, 3.8) is 0 Å². The summed E-state index contributed by atoms with van der Waals surface area (Å²) in [4.78, 5) is 5.55. The molecule has 1 aromatic heterocycles. The number of anilines is 6. The van der Waals surface area contributed by atoms with Crippen molar-refractivity contribution >= 4 is 55.9 Å². The molecule has 0 saturated carbocycles. The number of rotatable bonds is 8. The minimum atomic E-state index is -0.333. The Labute approximate surface area is 668 Å². The van der Waals surface area contributed by atoms with Crippen molar-refractivity contribution < 1.29 is 0 Å². The van der Waals surface area contributed by atoms with E-state index in [4.69, 9.17) is 0 Å². The molecule has 0 saturated heterocycles. The number of para-hydroxylation sites is 2. The van der Waals surface area contributed by atoms with E-state index in [9.17, 15) is 0 Å². The highest BCUT2D eigenvalue weighted by Crippen LogP contribution is 2.65. The Kier molecular flexibility index (Phi) is 17.5. The first-order chi connectivity index (χ1) is 53.0. The maximum atomic E-state index is 2.78. The van der Waals surface area contributed by atoms with Crippen LogP contribution in [0.5, 0.6) is 0 Å². The van der Waals surface area contributed by atoms with Crippen LogP contribution in [0.15, 0.2) is 267 Å². The quantitative estimate of drug-likeness (QED) is 0.150. The van der Waals surface area contributed by atoms with Gasteiger partial charge in [0.25, 0.3) is 0 Å². The summed E-state index contributed by atoms with van der Waals surface area (Å²) in [6, 6.07) is 106. The van der Waals surface area contributed by atoms with Gasteiger partial charge in [-0.25, -0.2) is 0 Å². The molecule has 2 aliphatic heterocycles. The SMILES string of the molecule is CC(C)(C)c1ccc(-c2cccc(-c3ccc(C(C)(C)C)cc3)c2N2c3cc(C4c5ccccc5Cc5ccccc54)ccc3C3c4ccc(-n5c6ccc(C(C)(C)C)cc6c6cc(C(C)(C)C)ccc65)cc4N(c4c(-c5ccc(C(C)(C)C)cc5)cccc4-c4ccc(C(C)(C)C)cc4)c4cc(C(C)(C)C)cc2c43)cc1. The molecule has 1 unspecified atom stereocenters. The summed E-state index contributed by atoms with van der Waals surface area (Å²) in [6.45, 7) is 49.2. The summed E-state index contributed by atoms with van der Waals surface area (Å²) in [7, 11) is 0. The van der Waals surface area contributed by atoms with Gasteiger partial charge >= 0.3 is 0 Å². The molecular formula is C109H111N3. The van der Waals surface area contributed by atoms with Crippen LogP contribution < -0.4 is 9.80 Å². The first-order valence-corrected chi connectivity index (χ1v) is 41.0. The first-order valence-electron chi connectivity index (χ1n) is 41.0. The number of fused-ring (bicyclic) bond motifs is 9. The minimum absolute atomic E-state index is 0.0116. The maximum absolute atomic E-state index is 2.78. The number of benzene rings is 13. The van der Waals surface area contributed by atoms with E-state index >= 15 is 0 Å². The van der Waals surface area contributed by atoms with E-state index in [0.717, 1.165) is 29.2 Å². The highest BCUT2D eigenvalue weighted by atomic mass is 15.2. The second kappa shape index (κ2) is 26.4. The molecule has 3 nitrogen and oxygen atoms in total. The van der Waals surface area contributed by atoms with Gasteiger partial charge in [-0.2, -0.15) is 0 Å². The van der Waals surface area contributed by atoms with Gasteiger partial charge in [-0.3, -0.25) is 0 Å². The molecule has 0 fully saturated rings. The van der Waals surface area contributed by atoms with Crippen molar-refractivity contribution in [3.05, 3.63) is 350 Å². The molecule has 0 spiro atoms. The van der Waals surface area contributed by atoms with Gasteiger partial charge in [0.1, 0.15) is 0 Å². The number of aromatic nitrogens is 1. The summed E-state index contributed by atoms with van der Waals surface area (Å²) >= 11 is 0. The lowest BCUT2D eigenvalue weighted by atomic mass is 9.71. The van der Waals surface area contributed by atoms with Gasteiger partial charge in [0.05, 0.1) is 45.2 Å². The molecule has 0 N–H and O–H groups in total. The first kappa shape index (κ1) is 74.0. The maximum Gasteiger partial charge on any atom is 0.0618 e. The summed E-state index contributed by atoms with van der Waals surface area (Å²) in [5.74, 6) is -0.240. The molecule has 3 aliphatic rings. The Morgan fingerprint density at radius 1 is 0.250 bits per heavy atom. The molecule has 13 aromatic carbocycles. The highest BCUT2D eigenvalue weighted by Gasteiger charge is 2.45. The molecule has 0 amide bonds. The third kappa shape index (κ3) is 12.8. The van der Waals surface area contributed by atoms with E-state index in [-0.39, 0.29) is 49.7 Å². The predicted octanol–water partition coefficient (Wildman–Crippen LogP) is 30.4. The lowest BCUT2D eigenvalue weighted by Crippen LogP contribution is -2.31. The van der Waals surface area contributed by atoms with E-state index in [1.165, 1.54) is 167 Å². The Hall–Kier alpha value is -10.7. The molecule has 0 bridgehead atoms. The Morgan fingerprint density at radius 3 is 0.938 bits per heavy atom. The molecule has 562 valence electrons. The monoisotopic (exact) mass is 1460 g/mol. The van der Waals surface area contributed by atoms with Crippen LogP contribution in [-0.4, -0.2) is 4.57 Å². The van der Waals surface area contributed by atoms with Crippen LogP contribution >= 0.6 is 0 Å². The van der Waals surface area contributed by atoms with Gasteiger partial charge in [0.2, 0.25) is 0 Å². The summed E-state index contributed by atoms with van der Waals surface area (Å²) in [5.41, 5.74) is 39.0. The fraction of sp³-hybridized carbons (Fsp3) is 0.284. The topological polar surface area (TPSA) is 11.4 Å². The number of hydrogen-bond donors (Lipinski definition) is 0. The van der Waals surface area contributed by atoms with Crippen LogP contribution in [-0.2, 0) is 44.3 Å². The molecule has 17 rings (SSSR count). The molecule has 1 atom stereocenters. The van der Waals surface area contributed by atoms with Crippen LogP contribution in [0.4, 0.5) is 34.1 Å². The lowest BCUT2D eigenvalue weighted by Gasteiger charge is -2.47. The number of nitrogens with zero attached hydrogens (tertiary/aromatic N) is 3. The fourth-order valence-electron chi connectivity index (χ4n) is 18.2.